The van der Waals surface area contributed by atoms with Gasteiger partial charge in [-0.3, -0.25) is 0 Å². The Morgan fingerprint density at radius 2 is 2.27 bits per heavy atom. The van der Waals surface area contributed by atoms with Gasteiger partial charge in [-0.15, -0.1) is 0 Å². The summed E-state index contributed by atoms with van der Waals surface area (Å²) in [5, 5.41) is 13.0. The molecule has 0 amide bonds. The fourth-order valence-corrected chi connectivity index (χ4v) is 1.87. The highest BCUT2D eigenvalue weighted by molar-refractivity contribution is 6.30. The van der Waals surface area contributed by atoms with Crippen LogP contribution in [-0.4, -0.2) is 27.2 Å². The lowest BCUT2D eigenvalue weighted by atomic mass is 9.77. The Bertz CT molecular complexity index is 360. The molecule has 1 aromatic rings. The highest BCUT2D eigenvalue weighted by atomic mass is 35.5. The molecule has 0 radical (unpaired) electrons. The van der Waals surface area contributed by atoms with Crippen molar-refractivity contribution in [2.45, 2.75) is 31.7 Å². The van der Waals surface area contributed by atoms with Crippen LogP contribution >= 0.6 is 11.6 Å². The minimum absolute atomic E-state index is 0.133. The number of anilines is 1. The summed E-state index contributed by atoms with van der Waals surface area (Å²) in [6.45, 7) is 2.00. The van der Waals surface area contributed by atoms with Crippen molar-refractivity contribution in [1.29, 1.82) is 0 Å². The van der Waals surface area contributed by atoms with E-state index in [1.54, 1.807) is 0 Å². The van der Waals surface area contributed by atoms with Gasteiger partial charge in [0.15, 0.2) is 0 Å². The van der Waals surface area contributed by atoms with Crippen molar-refractivity contribution in [3.63, 3.8) is 0 Å². The van der Waals surface area contributed by atoms with Crippen LogP contribution < -0.4 is 5.32 Å². The number of aliphatic hydroxyl groups excluding tert-OH is 1. The minimum atomic E-state index is -0.192. The highest BCUT2D eigenvalue weighted by Crippen LogP contribution is 2.35. The SMILES string of the molecule is Cc1c(Cl)ncnc1NC1(CO)CCC1. The molecule has 4 nitrogen and oxygen atoms in total. The van der Waals surface area contributed by atoms with E-state index in [-0.39, 0.29) is 12.1 Å². The van der Waals surface area contributed by atoms with Crippen molar-refractivity contribution in [3.05, 3.63) is 17.0 Å². The van der Waals surface area contributed by atoms with Crippen LogP contribution in [0.4, 0.5) is 5.82 Å². The maximum atomic E-state index is 9.32. The number of aromatic nitrogens is 2. The molecule has 0 unspecified atom stereocenters. The molecule has 1 fully saturated rings. The van der Waals surface area contributed by atoms with Crippen molar-refractivity contribution in [2.75, 3.05) is 11.9 Å². The van der Waals surface area contributed by atoms with E-state index in [0.717, 1.165) is 30.6 Å². The molecule has 82 valence electrons. The fraction of sp³-hybridized carbons (Fsp3) is 0.600. The summed E-state index contributed by atoms with van der Waals surface area (Å²) >= 11 is 5.89. The van der Waals surface area contributed by atoms with Gasteiger partial charge >= 0.3 is 0 Å². The standard InChI is InChI=1S/C10H14ClN3O/c1-7-8(11)12-6-13-9(7)14-10(5-15)3-2-4-10/h6,15H,2-5H2,1H3,(H,12,13,14). The van der Waals surface area contributed by atoms with Crippen molar-refractivity contribution < 1.29 is 5.11 Å². The Morgan fingerprint density at radius 3 is 2.80 bits per heavy atom. The predicted molar refractivity (Wildman–Crippen MR) is 59.1 cm³/mol. The average molecular weight is 228 g/mol. The molecule has 5 heteroatoms. The minimum Gasteiger partial charge on any atom is -0.394 e. The first-order valence-electron chi connectivity index (χ1n) is 5.03. The lowest BCUT2D eigenvalue weighted by Gasteiger charge is -2.41. The molecule has 15 heavy (non-hydrogen) atoms. The van der Waals surface area contributed by atoms with E-state index in [0.29, 0.717) is 5.15 Å². The van der Waals surface area contributed by atoms with Crippen LogP contribution in [0.15, 0.2) is 6.33 Å². The maximum Gasteiger partial charge on any atom is 0.137 e. The topological polar surface area (TPSA) is 58.0 Å². The second-order valence-corrected chi connectivity index (χ2v) is 4.41. The van der Waals surface area contributed by atoms with E-state index >= 15 is 0 Å². The number of halogens is 1. The first-order valence-corrected chi connectivity index (χ1v) is 5.41. The monoisotopic (exact) mass is 227 g/mol. The first-order chi connectivity index (χ1) is 7.17. The third kappa shape index (κ3) is 1.92. The van der Waals surface area contributed by atoms with E-state index in [9.17, 15) is 5.11 Å². The molecule has 1 saturated carbocycles. The number of hydrogen-bond acceptors (Lipinski definition) is 4. The average Bonchev–Trinajstić information content (AvgIpc) is 2.18. The number of aliphatic hydroxyl groups is 1. The zero-order valence-corrected chi connectivity index (χ0v) is 9.38. The van der Waals surface area contributed by atoms with Crippen LogP contribution in [0.2, 0.25) is 5.15 Å². The van der Waals surface area contributed by atoms with E-state index in [2.05, 4.69) is 15.3 Å². The molecule has 1 aliphatic rings. The van der Waals surface area contributed by atoms with Gasteiger partial charge in [-0.1, -0.05) is 11.6 Å². The van der Waals surface area contributed by atoms with Crippen LogP contribution in [0, 0.1) is 6.92 Å². The van der Waals surface area contributed by atoms with E-state index in [4.69, 9.17) is 11.6 Å². The smallest absolute Gasteiger partial charge is 0.137 e. The third-order valence-electron chi connectivity index (χ3n) is 3.02. The Morgan fingerprint density at radius 1 is 1.53 bits per heavy atom. The molecule has 0 bridgehead atoms. The van der Waals surface area contributed by atoms with Gasteiger partial charge < -0.3 is 10.4 Å². The van der Waals surface area contributed by atoms with E-state index in [1.807, 2.05) is 6.92 Å². The normalized spacial score (nSPS) is 18.3. The van der Waals surface area contributed by atoms with Crippen molar-refractivity contribution in [1.82, 2.24) is 9.97 Å². The maximum absolute atomic E-state index is 9.32. The van der Waals surface area contributed by atoms with Crippen molar-refractivity contribution >= 4 is 17.4 Å². The van der Waals surface area contributed by atoms with Gasteiger partial charge in [-0.2, -0.15) is 0 Å². The molecule has 0 aromatic carbocycles. The van der Waals surface area contributed by atoms with Crippen LogP contribution in [-0.2, 0) is 0 Å². The number of rotatable bonds is 3. The molecular weight excluding hydrogens is 214 g/mol. The summed E-state index contributed by atoms with van der Waals surface area (Å²) in [7, 11) is 0. The second-order valence-electron chi connectivity index (χ2n) is 4.06. The molecule has 0 atom stereocenters. The Kier molecular flexibility index (Phi) is 2.80. The molecule has 2 rings (SSSR count). The lowest BCUT2D eigenvalue weighted by molar-refractivity contribution is 0.143. The summed E-state index contributed by atoms with van der Waals surface area (Å²) in [6, 6.07) is 0. The molecule has 1 aromatic heterocycles. The van der Waals surface area contributed by atoms with Crippen LogP contribution in [0.5, 0.6) is 0 Å². The van der Waals surface area contributed by atoms with Crippen molar-refractivity contribution in [2.24, 2.45) is 0 Å². The quantitative estimate of drug-likeness (QED) is 0.773. The lowest BCUT2D eigenvalue weighted by Crippen LogP contribution is -2.48. The van der Waals surface area contributed by atoms with Gasteiger partial charge in [0.2, 0.25) is 0 Å². The Balaban J connectivity index is 2.20. The molecule has 2 N–H and O–H groups in total. The second kappa shape index (κ2) is 3.94. The highest BCUT2D eigenvalue weighted by Gasteiger charge is 2.36. The van der Waals surface area contributed by atoms with E-state index < -0.39 is 0 Å². The van der Waals surface area contributed by atoms with Crippen LogP contribution in [0.25, 0.3) is 0 Å². The third-order valence-corrected chi connectivity index (χ3v) is 3.40. The Hall–Kier alpha value is -0.870. The van der Waals surface area contributed by atoms with Crippen LogP contribution in [0.1, 0.15) is 24.8 Å². The fourth-order valence-electron chi connectivity index (χ4n) is 1.73. The molecule has 0 aliphatic heterocycles. The van der Waals surface area contributed by atoms with E-state index in [1.165, 1.54) is 6.33 Å². The number of hydrogen-bond donors (Lipinski definition) is 2. The van der Waals surface area contributed by atoms with Gasteiger partial charge in [0.05, 0.1) is 12.1 Å². The molecule has 1 aliphatic carbocycles. The van der Waals surface area contributed by atoms with Gasteiger partial charge in [-0.05, 0) is 26.2 Å². The summed E-state index contributed by atoms with van der Waals surface area (Å²) in [6.07, 6.45) is 4.53. The van der Waals surface area contributed by atoms with Gasteiger partial charge in [0, 0.05) is 5.56 Å². The molecule has 0 saturated heterocycles. The predicted octanol–water partition coefficient (Wildman–Crippen LogP) is 1.77. The van der Waals surface area contributed by atoms with Gasteiger partial charge in [0.1, 0.15) is 17.3 Å². The summed E-state index contributed by atoms with van der Waals surface area (Å²) in [5.74, 6) is 0.726. The molecular formula is C10H14ClN3O. The number of nitrogens with zero attached hydrogens (tertiary/aromatic N) is 2. The molecule has 0 spiro atoms. The number of nitrogens with one attached hydrogen (secondary N) is 1. The Labute approximate surface area is 93.7 Å². The summed E-state index contributed by atoms with van der Waals surface area (Å²) in [4.78, 5) is 8.03. The first kappa shape index (κ1) is 10.6. The zero-order chi connectivity index (χ0) is 10.9. The van der Waals surface area contributed by atoms with Gasteiger partial charge in [-0.25, -0.2) is 9.97 Å². The summed E-state index contributed by atoms with van der Waals surface area (Å²) < 4.78 is 0. The van der Waals surface area contributed by atoms with Crippen molar-refractivity contribution in [3.8, 4) is 0 Å². The molecule has 1 heterocycles. The van der Waals surface area contributed by atoms with Gasteiger partial charge in [0.25, 0.3) is 0 Å². The summed E-state index contributed by atoms with van der Waals surface area (Å²) in [5.41, 5.74) is 0.640. The largest absolute Gasteiger partial charge is 0.394 e. The zero-order valence-electron chi connectivity index (χ0n) is 8.63. The van der Waals surface area contributed by atoms with Crippen LogP contribution in [0.3, 0.4) is 0 Å².